The van der Waals surface area contributed by atoms with Crippen molar-refractivity contribution >= 4 is 11.8 Å². The van der Waals surface area contributed by atoms with Gasteiger partial charge in [0.25, 0.3) is 5.91 Å². The third-order valence-corrected chi connectivity index (χ3v) is 4.10. The van der Waals surface area contributed by atoms with E-state index in [1.165, 1.54) is 43.5 Å². The van der Waals surface area contributed by atoms with Gasteiger partial charge in [-0.05, 0) is 61.5 Å². The molecule has 0 aliphatic carbocycles. The predicted molar refractivity (Wildman–Crippen MR) is 109 cm³/mol. The van der Waals surface area contributed by atoms with Gasteiger partial charge in [-0.15, -0.1) is 0 Å². The fourth-order valence-corrected chi connectivity index (χ4v) is 2.59. The number of nitrogens with one attached hydrogen (secondary N) is 2. The zero-order chi connectivity index (χ0) is 22.2. The second-order valence-corrected chi connectivity index (χ2v) is 6.22. The highest BCUT2D eigenvalue weighted by Crippen LogP contribution is 2.27. The van der Waals surface area contributed by atoms with Crippen LogP contribution in [0.4, 0.5) is 4.39 Å². The molecule has 1 aromatic heterocycles. The van der Waals surface area contributed by atoms with Gasteiger partial charge in [0.1, 0.15) is 23.9 Å². The number of halogens is 1. The van der Waals surface area contributed by atoms with E-state index in [9.17, 15) is 14.0 Å². The van der Waals surface area contributed by atoms with Crippen LogP contribution in [0.1, 0.15) is 33.6 Å². The SMILES string of the molecule is CCOc1ccc(C(=O)NNC(=O)c2ccc(COc3ccc(F)cc3)o2)cc1OC. The van der Waals surface area contributed by atoms with Crippen molar-refractivity contribution in [3.8, 4) is 17.2 Å². The lowest BCUT2D eigenvalue weighted by molar-refractivity contribution is 0.0828. The third-order valence-electron chi connectivity index (χ3n) is 4.10. The van der Waals surface area contributed by atoms with Crippen molar-refractivity contribution in [3.05, 3.63) is 77.5 Å². The van der Waals surface area contributed by atoms with Gasteiger partial charge in [0.05, 0.1) is 13.7 Å². The molecule has 0 unspecified atom stereocenters. The minimum atomic E-state index is -0.640. The summed E-state index contributed by atoms with van der Waals surface area (Å²) in [6.07, 6.45) is 0. The summed E-state index contributed by atoms with van der Waals surface area (Å²) in [4.78, 5) is 24.5. The van der Waals surface area contributed by atoms with Crippen molar-refractivity contribution in [2.45, 2.75) is 13.5 Å². The van der Waals surface area contributed by atoms with Crippen LogP contribution in [0.2, 0.25) is 0 Å². The Morgan fingerprint density at radius 3 is 2.39 bits per heavy atom. The molecular weight excluding hydrogens is 407 g/mol. The Hall–Kier alpha value is -4.01. The highest BCUT2D eigenvalue weighted by molar-refractivity contribution is 5.98. The number of hydrogen-bond donors (Lipinski definition) is 2. The van der Waals surface area contributed by atoms with Gasteiger partial charge >= 0.3 is 5.91 Å². The lowest BCUT2D eigenvalue weighted by atomic mass is 10.2. The first-order valence-corrected chi connectivity index (χ1v) is 9.38. The third kappa shape index (κ3) is 5.75. The van der Waals surface area contributed by atoms with Crippen LogP contribution in [-0.2, 0) is 6.61 Å². The predicted octanol–water partition coefficient (Wildman–Crippen LogP) is 3.48. The molecule has 0 bridgehead atoms. The van der Waals surface area contributed by atoms with Gasteiger partial charge in [0, 0.05) is 5.56 Å². The van der Waals surface area contributed by atoms with Crippen LogP contribution < -0.4 is 25.1 Å². The first-order valence-electron chi connectivity index (χ1n) is 9.38. The summed E-state index contributed by atoms with van der Waals surface area (Å²) < 4.78 is 34.4. The van der Waals surface area contributed by atoms with E-state index in [0.29, 0.717) is 29.6 Å². The lowest BCUT2D eigenvalue weighted by Crippen LogP contribution is -2.41. The number of hydrazine groups is 1. The molecule has 0 radical (unpaired) electrons. The zero-order valence-corrected chi connectivity index (χ0v) is 16.9. The van der Waals surface area contributed by atoms with E-state index in [2.05, 4.69) is 10.9 Å². The van der Waals surface area contributed by atoms with Gasteiger partial charge < -0.3 is 18.6 Å². The van der Waals surface area contributed by atoms with Crippen LogP contribution in [0.5, 0.6) is 17.2 Å². The van der Waals surface area contributed by atoms with E-state index in [-0.39, 0.29) is 23.7 Å². The summed E-state index contributed by atoms with van der Waals surface area (Å²) in [6.45, 7) is 2.35. The first-order chi connectivity index (χ1) is 15.0. The van der Waals surface area contributed by atoms with Crippen LogP contribution in [0, 0.1) is 5.82 Å². The number of furan rings is 1. The number of hydrogen-bond acceptors (Lipinski definition) is 6. The van der Waals surface area contributed by atoms with E-state index >= 15 is 0 Å². The molecule has 0 saturated heterocycles. The number of methoxy groups -OCH3 is 1. The molecular formula is C22H21FN2O6. The molecule has 0 aliphatic heterocycles. The zero-order valence-electron chi connectivity index (χ0n) is 16.9. The van der Waals surface area contributed by atoms with Crippen LogP contribution in [-0.4, -0.2) is 25.5 Å². The Morgan fingerprint density at radius 2 is 1.68 bits per heavy atom. The second kappa shape index (κ2) is 10.1. The standard InChI is InChI=1S/C22H21FN2O6/c1-3-29-18-10-4-14(12-20(18)28-2)21(26)24-25-22(27)19-11-9-17(31-19)13-30-16-7-5-15(23)6-8-16/h4-12H,3,13H2,1-2H3,(H,24,26)(H,25,27). The van der Waals surface area contributed by atoms with E-state index in [1.807, 2.05) is 6.92 Å². The largest absolute Gasteiger partial charge is 0.493 e. The number of rotatable bonds is 8. The van der Waals surface area contributed by atoms with Crippen LogP contribution >= 0.6 is 0 Å². The van der Waals surface area contributed by atoms with E-state index in [4.69, 9.17) is 18.6 Å². The van der Waals surface area contributed by atoms with E-state index in [0.717, 1.165) is 0 Å². The average molecular weight is 428 g/mol. The molecule has 2 N–H and O–H groups in total. The fourth-order valence-electron chi connectivity index (χ4n) is 2.59. The van der Waals surface area contributed by atoms with Gasteiger partial charge in [0.2, 0.25) is 0 Å². The smallest absolute Gasteiger partial charge is 0.305 e. The molecule has 2 aromatic carbocycles. The average Bonchev–Trinajstić information content (AvgIpc) is 3.26. The molecule has 8 nitrogen and oxygen atoms in total. The number of carbonyl (C=O) groups excluding carboxylic acids is 2. The Morgan fingerprint density at radius 1 is 0.935 bits per heavy atom. The molecule has 9 heteroatoms. The minimum Gasteiger partial charge on any atom is -0.493 e. The van der Waals surface area contributed by atoms with Crippen molar-refractivity contribution < 1.29 is 32.6 Å². The molecule has 0 aliphatic rings. The highest BCUT2D eigenvalue weighted by Gasteiger charge is 2.15. The summed E-state index contributed by atoms with van der Waals surface area (Å²) in [6, 6.07) is 13.2. The summed E-state index contributed by atoms with van der Waals surface area (Å²) in [5, 5.41) is 0. The Labute approximate surface area is 177 Å². The van der Waals surface area contributed by atoms with Gasteiger partial charge in [-0.2, -0.15) is 0 Å². The molecule has 162 valence electrons. The normalized spacial score (nSPS) is 10.3. The number of amides is 2. The summed E-state index contributed by atoms with van der Waals surface area (Å²) in [5.74, 6) is 0.200. The maximum absolute atomic E-state index is 12.9. The topological polar surface area (TPSA) is 99.0 Å². The van der Waals surface area contributed by atoms with Crippen molar-refractivity contribution in [3.63, 3.8) is 0 Å². The molecule has 0 spiro atoms. The monoisotopic (exact) mass is 428 g/mol. The second-order valence-electron chi connectivity index (χ2n) is 6.22. The number of ether oxygens (including phenoxy) is 3. The van der Waals surface area contributed by atoms with Gasteiger partial charge in [-0.3, -0.25) is 20.4 Å². The number of benzene rings is 2. The van der Waals surface area contributed by atoms with Crippen molar-refractivity contribution in [2.75, 3.05) is 13.7 Å². The molecule has 0 fully saturated rings. The van der Waals surface area contributed by atoms with Gasteiger partial charge in [-0.1, -0.05) is 0 Å². The summed E-state index contributed by atoms with van der Waals surface area (Å²) in [7, 11) is 1.47. The summed E-state index contributed by atoms with van der Waals surface area (Å²) in [5.41, 5.74) is 4.86. The van der Waals surface area contributed by atoms with Crippen molar-refractivity contribution in [1.82, 2.24) is 10.9 Å². The maximum atomic E-state index is 12.9. The molecule has 0 atom stereocenters. The first kappa shape index (κ1) is 21.7. The molecule has 2 amide bonds. The van der Waals surface area contributed by atoms with Gasteiger partial charge in [-0.25, -0.2) is 4.39 Å². The Balaban J connectivity index is 1.53. The molecule has 3 aromatic rings. The fraction of sp³-hybridized carbons (Fsp3) is 0.182. The van der Waals surface area contributed by atoms with Crippen molar-refractivity contribution in [2.24, 2.45) is 0 Å². The van der Waals surface area contributed by atoms with Crippen LogP contribution in [0.15, 0.2) is 59.0 Å². The lowest BCUT2D eigenvalue weighted by Gasteiger charge is -2.11. The van der Waals surface area contributed by atoms with Crippen molar-refractivity contribution in [1.29, 1.82) is 0 Å². The molecule has 31 heavy (non-hydrogen) atoms. The minimum absolute atomic E-state index is 0.0118. The van der Waals surface area contributed by atoms with E-state index < -0.39 is 11.8 Å². The van der Waals surface area contributed by atoms with Crippen LogP contribution in [0.3, 0.4) is 0 Å². The van der Waals surface area contributed by atoms with Gasteiger partial charge in [0.15, 0.2) is 17.3 Å². The Bertz CT molecular complexity index is 1050. The molecule has 0 saturated carbocycles. The molecule has 1 heterocycles. The highest BCUT2D eigenvalue weighted by atomic mass is 19.1. The van der Waals surface area contributed by atoms with Crippen LogP contribution in [0.25, 0.3) is 0 Å². The quantitative estimate of drug-likeness (QED) is 0.533. The maximum Gasteiger partial charge on any atom is 0.305 e. The summed E-state index contributed by atoms with van der Waals surface area (Å²) >= 11 is 0. The van der Waals surface area contributed by atoms with E-state index in [1.54, 1.807) is 18.2 Å². The Kier molecular flexibility index (Phi) is 7.10. The molecule has 3 rings (SSSR count). The number of carbonyl (C=O) groups is 2.